The summed E-state index contributed by atoms with van der Waals surface area (Å²) in [6.45, 7) is 0.945. The highest BCUT2D eigenvalue weighted by atomic mass is 16.4. The second-order valence-electron chi connectivity index (χ2n) is 4.38. The van der Waals surface area contributed by atoms with Crippen LogP contribution in [-0.4, -0.2) is 51.9 Å². The Kier molecular flexibility index (Phi) is 5.84. The van der Waals surface area contributed by atoms with E-state index in [0.717, 1.165) is 5.69 Å². The van der Waals surface area contributed by atoms with Crippen LogP contribution in [0.15, 0.2) is 12.3 Å². The van der Waals surface area contributed by atoms with E-state index in [4.69, 9.17) is 5.11 Å². The van der Waals surface area contributed by atoms with Crippen LogP contribution in [0.3, 0.4) is 0 Å². The van der Waals surface area contributed by atoms with Gasteiger partial charge in [0.2, 0.25) is 0 Å². The van der Waals surface area contributed by atoms with E-state index in [1.807, 2.05) is 19.3 Å². The molecule has 2 amide bonds. The first-order chi connectivity index (χ1) is 8.99. The van der Waals surface area contributed by atoms with Crippen molar-refractivity contribution in [2.45, 2.75) is 19.3 Å². The Bertz CT molecular complexity index is 430. The normalized spacial score (nSPS) is 10.2. The van der Waals surface area contributed by atoms with E-state index in [1.165, 1.54) is 4.90 Å². The molecule has 0 aromatic carbocycles. The van der Waals surface area contributed by atoms with Gasteiger partial charge in [-0.25, -0.2) is 4.79 Å². The molecular formula is C12H20N4O3. The molecule has 0 aliphatic heterocycles. The zero-order valence-electron chi connectivity index (χ0n) is 11.3. The van der Waals surface area contributed by atoms with E-state index in [0.29, 0.717) is 25.9 Å². The molecule has 0 spiro atoms. The van der Waals surface area contributed by atoms with Gasteiger partial charge in [0.15, 0.2) is 0 Å². The number of urea groups is 1. The number of aromatic nitrogens is 2. The van der Waals surface area contributed by atoms with Gasteiger partial charge in [0.1, 0.15) is 0 Å². The number of nitrogens with zero attached hydrogens (tertiary/aromatic N) is 3. The zero-order valence-corrected chi connectivity index (χ0v) is 11.3. The first kappa shape index (κ1) is 15.0. The Labute approximate surface area is 112 Å². The van der Waals surface area contributed by atoms with E-state index >= 15 is 0 Å². The minimum Gasteiger partial charge on any atom is -0.481 e. The van der Waals surface area contributed by atoms with Gasteiger partial charge in [-0.05, 0) is 12.5 Å². The molecule has 0 fully saturated rings. The third kappa shape index (κ3) is 5.89. The Hall–Kier alpha value is -2.05. The summed E-state index contributed by atoms with van der Waals surface area (Å²) in [6, 6.07) is 1.71. The third-order valence-corrected chi connectivity index (χ3v) is 2.66. The summed E-state index contributed by atoms with van der Waals surface area (Å²) >= 11 is 0. The fraction of sp³-hybridized carbons (Fsp3) is 0.583. The van der Waals surface area contributed by atoms with E-state index in [9.17, 15) is 9.59 Å². The first-order valence-electron chi connectivity index (χ1n) is 6.18. The van der Waals surface area contributed by atoms with Crippen molar-refractivity contribution in [3.63, 3.8) is 0 Å². The molecule has 1 rings (SSSR count). The highest BCUT2D eigenvalue weighted by Gasteiger charge is 2.08. The maximum Gasteiger partial charge on any atom is 0.317 e. The summed E-state index contributed by atoms with van der Waals surface area (Å²) in [5, 5.41) is 15.5. The Morgan fingerprint density at radius 1 is 1.53 bits per heavy atom. The smallest absolute Gasteiger partial charge is 0.317 e. The maximum atomic E-state index is 11.7. The van der Waals surface area contributed by atoms with Crippen molar-refractivity contribution in [2.75, 3.05) is 20.1 Å². The molecule has 0 saturated carbocycles. The molecule has 19 heavy (non-hydrogen) atoms. The second-order valence-corrected chi connectivity index (χ2v) is 4.38. The van der Waals surface area contributed by atoms with Crippen LogP contribution in [0.4, 0.5) is 4.79 Å². The fourth-order valence-electron chi connectivity index (χ4n) is 1.60. The number of amides is 2. The summed E-state index contributed by atoms with van der Waals surface area (Å²) in [7, 11) is 3.50. The molecule has 0 aliphatic rings. The Morgan fingerprint density at radius 2 is 2.26 bits per heavy atom. The van der Waals surface area contributed by atoms with Crippen molar-refractivity contribution >= 4 is 12.0 Å². The lowest BCUT2D eigenvalue weighted by molar-refractivity contribution is -0.137. The van der Waals surface area contributed by atoms with Crippen LogP contribution in [0.1, 0.15) is 18.5 Å². The standard InChI is InChI=1S/C12H20N4O3/c1-15(8-3-4-11(17)18)12(19)13-7-5-10-6-9-16(2)14-10/h6,9H,3-5,7-8H2,1-2H3,(H,13,19)(H,17,18). The van der Waals surface area contributed by atoms with Gasteiger partial charge >= 0.3 is 12.0 Å². The summed E-state index contributed by atoms with van der Waals surface area (Å²) in [5.74, 6) is -0.844. The predicted octanol–water partition coefficient (Wildman–Crippen LogP) is 0.469. The first-order valence-corrected chi connectivity index (χ1v) is 6.18. The van der Waals surface area contributed by atoms with Crippen LogP contribution in [-0.2, 0) is 18.3 Å². The molecule has 0 saturated heterocycles. The number of rotatable bonds is 7. The molecule has 106 valence electrons. The largest absolute Gasteiger partial charge is 0.481 e. The number of aryl methyl sites for hydroxylation is 1. The van der Waals surface area contributed by atoms with Gasteiger partial charge < -0.3 is 15.3 Å². The quantitative estimate of drug-likeness (QED) is 0.752. The molecule has 7 heteroatoms. The summed E-state index contributed by atoms with van der Waals surface area (Å²) in [5.41, 5.74) is 0.927. The predicted molar refractivity (Wildman–Crippen MR) is 69.8 cm³/mol. The van der Waals surface area contributed by atoms with Crippen molar-refractivity contribution < 1.29 is 14.7 Å². The third-order valence-electron chi connectivity index (χ3n) is 2.66. The Morgan fingerprint density at radius 3 is 2.84 bits per heavy atom. The zero-order chi connectivity index (χ0) is 14.3. The molecule has 0 radical (unpaired) electrons. The van der Waals surface area contributed by atoms with Crippen LogP contribution < -0.4 is 5.32 Å². The van der Waals surface area contributed by atoms with Crippen molar-refractivity contribution in [3.05, 3.63) is 18.0 Å². The van der Waals surface area contributed by atoms with Gasteiger partial charge in [0, 0.05) is 46.2 Å². The minimum absolute atomic E-state index is 0.0750. The van der Waals surface area contributed by atoms with Gasteiger partial charge in [-0.15, -0.1) is 0 Å². The van der Waals surface area contributed by atoms with Gasteiger partial charge in [-0.3, -0.25) is 9.48 Å². The number of carbonyl (C=O) groups is 2. The molecule has 1 aromatic rings. The maximum absolute atomic E-state index is 11.7. The number of carboxylic acid groups (broad SMARTS) is 1. The highest BCUT2D eigenvalue weighted by Crippen LogP contribution is 1.96. The van der Waals surface area contributed by atoms with Crippen molar-refractivity contribution in [1.29, 1.82) is 0 Å². The van der Waals surface area contributed by atoms with E-state index in [2.05, 4.69) is 10.4 Å². The molecule has 1 heterocycles. The van der Waals surface area contributed by atoms with Crippen LogP contribution in [0.5, 0.6) is 0 Å². The van der Waals surface area contributed by atoms with Gasteiger partial charge in [-0.1, -0.05) is 0 Å². The average molecular weight is 268 g/mol. The monoisotopic (exact) mass is 268 g/mol. The molecular weight excluding hydrogens is 248 g/mol. The number of nitrogens with one attached hydrogen (secondary N) is 1. The van der Waals surface area contributed by atoms with Crippen LogP contribution in [0, 0.1) is 0 Å². The lowest BCUT2D eigenvalue weighted by Crippen LogP contribution is -2.38. The minimum atomic E-state index is -0.844. The molecule has 1 aromatic heterocycles. The summed E-state index contributed by atoms with van der Waals surface area (Å²) in [4.78, 5) is 23.5. The second kappa shape index (κ2) is 7.40. The molecule has 2 N–H and O–H groups in total. The average Bonchev–Trinajstić information content (AvgIpc) is 2.74. The van der Waals surface area contributed by atoms with Crippen LogP contribution in [0.2, 0.25) is 0 Å². The van der Waals surface area contributed by atoms with Gasteiger partial charge in [0.05, 0.1) is 5.69 Å². The lowest BCUT2D eigenvalue weighted by atomic mass is 10.3. The van der Waals surface area contributed by atoms with Crippen LogP contribution >= 0.6 is 0 Å². The molecule has 0 aliphatic carbocycles. The van der Waals surface area contributed by atoms with Gasteiger partial charge in [-0.2, -0.15) is 5.10 Å². The Balaban J connectivity index is 2.17. The topological polar surface area (TPSA) is 87.5 Å². The molecule has 0 atom stereocenters. The molecule has 7 nitrogen and oxygen atoms in total. The van der Waals surface area contributed by atoms with Gasteiger partial charge in [0.25, 0.3) is 0 Å². The molecule has 0 bridgehead atoms. The number of carbonyl (C=O) groups excluding carboxylic acids is 1. The highest BCUT2D eigenvalue weighted by molar-refractivity contribution is 5.73. The van der Waals surface area contributed by atoms with Crippen molar-refractivity contribution in [1.82, 2.24) is 20.0 Å². The van der Waals surface area contributed by atoms with E-state index < -0.39 is 5.97 Å². The van der Waals surface area contributed by atoms with Crippen molar-refractivity contribution in [2.24, 2.45) is 7.05 Å². The lowest BCUT2D eigenvalue weighted by Gasteiger charge is -2.17. The summed E-state index contributed by atoms with van der Waals surface area (Å²) in [6.07, 6.45) is 3.07. The van der Waals surface area contributed by atoms with E-state index in [1.54, 1.807) is 11.7 Å². The molecule has 0 unspecified atom stereocenters. The fourth-order valence-corrected chi connectivity index (χ4v) is 1.60. The van der Waals surface area contributed by atoms with Crippen LogP contribution in [0.25, 0.3) is 0 Å². The number of carboxylic acids is 1. The number of hydrogen-bond acceptors (Lipinski definition) is 3. The SMILES string of the molecule is CN(CCCC(=O)O)C(=O)NCCc1ccn(C)n1. The number of aliphatic carboxylic acids is 1. The van der Waals surface area contributed by atoms with E-state index in [-0.39, 0.29) is 12.5 Å². The number of hydrogen-bond donors (Lipinski definition) is 2. The summed E-state index contributed by atoms with van der Waals surface area (Å²) < 4.78 is 1.72. The van der Waals surface area contributed by atoms with Crippen molar-refractivity contribution in [3.8, 4) is 0 Å².